The normalized spacial score (nSPS) is 18.8. The fourth-order valence-electron chi connectivity index (χ4n) is 1.75. The second-order valence-electron chi connectivity index (χ2n) is 3.96. The zero-order chi connectivity index (χ0) is 12.4. The van der Waals surface area contributed by atoms with Gasteiger partial charge in [0, 0.05) is 13.0 Å². The van der Waals surface area contributed by atoms with Gasteiger partial charge in [0.15, 0.2) is 0 Å². The highest BCUT2D eigenvalue weighted by Gasteiger charge is 2.21. The van der Waals surface area contributed by atoms with Crippen LogP contribution in [0.1, 0.15) is 16.8 Å². The van der Waals surface area contributed by atoms with Gasteiger partial charge < -0.3 is 21.5 Å². The Morgan fingerprint density at radius 2 is 2.29 bits per heavy atom. The molecule has 1 heterocycles. The number of amides is 1. The highest BCUT2D eigenvalue weighted by molar-refractivity contribution is 5.90. The summed E-state index contributed by atoms with van der Waals surface area (Å²) in [4.78, 5) is 21.7. The minimum absolute atomic E-state index is 0.000443. The molecule has 2 rings (SSSR count). The number of carbonyl (C=O) groups is 2. The predicted molar refractivity (Wildman–Crippen MR) is 62.9 cm³/mol. The van der Waals surface area contributed by atoms with Gasteiger partial charge in [0.25, 0.3) is 0 Å². The Bertz CT molecular complexity index is 473. The van der Waals surface area contributed by atoms with Gasteiger partial charge in [-0.3, -0.25) is 4.79 Å². The van der Waals surface area contributed by atoms with E-state index in [1.54, 1.807) is 6.07 Å². The molecular weight excluding hydrogens is 222 g/mol. The largest absolute Gasteiger partial charge is 0.478 e. The van der Waals surface area contributed by atoms with Gasteiger partial charge in [0.05, 0.1) is 23.0 Å². The van der Waals surface area contributed by atoms with Gasteiger partial charge >= 0.3 is 5.97 Å². The first-order valence-corrected chi connectivity index (χ1v) is 5.22. The number of carboxylic acid groups (broad SMARTS) is 1. The quantitative estimate of drug-likeness (QED) is 0.563. The monoisotopic (exact) mass is 235 g/mol. The number of carbonyl (C=O) groups excluding carboxylic acids is 1. The first kappa shape index (κ1) is 11.3. The van der Waals surface area contributed by atoms with Crippen molar-refractivity contribution in [3.05, 3.63) is 23.8 Å². The van der Waals surface area contributed by atoms with Gasteiger partial charge in [-0.2, -0.15) is 0 Å². The van der Waals surface area contributed by atoms with Crippen molar-refractivity contribution in [2.45, 2.75) is 12.5 Å². The summed E-state index contributed by atoms with van der Waals surface area (Å²) in [5.41, 5.74) is 6.90. The smallest absolute Gasteiger partial charge is 0.335 e. The zero-order valence-electron chi connectivity index (χ0n) is 9.06. The van der Waals surface area contributed by atoms with E-state index in [1.807, 2.05) is 0 Å². The van der Waals surface area contributed by atoms with Gasteiger partial charge in [-0.15, -0.1) is 0 Å². The number of hydrogen-bond acceptors (Lipinski definition) is 4. The van der Waals surface area contributed by atoms with Crippen LogP contribution in [0.4, 0.5) is 11.4 Å². The van der Waals surface area contributed by atoms with Crippen molar-refractivity contribution in [3.63, 3.8) is 0 Å². The molecule has 0 spiro atoms. The number of nitrogens with one attached hydrogen (secondary N) is 2. The maximum atomic E-state index is 11.0. The standard InChI is InChI=1S/C11H13N3O3/c12-8-3-6(11(16)17)1-2-9(8)14-7-4-10(15)13-5-7/h1-3,7,14H,4-5,12H2,(H,13,15)(H,16,17). The molecule has 6 heteroatoms. The van der Waals surface area contributed by atoms with E-state index in [2.05, 4.69) is 10.6 Å². The van der Waals surface area contributed by atoms with Crippen LogP contribution >= 0.6 is 0 Å². The van der Waals surface area contributed by atoms with Crippen LogP contribution in [-0.2, 0) is 4.79 Å². The number of rotatable bonds is 3. The molecule has 5 N–H and O–H groups in total. The van der Waals surface area contributed by atoms with Crippen molar-refractivity contribution in [3.8, 4) is 0 Å². The summed E-state index contributed by atoms with van der Waals surface area (Å²) in [7, 11) is 0. The summed E-state index contributed by atoms with van der Waals surface area (Å²) in [6.45, 7) is 0.555. The summed E-state index contributed by atoms with van der Waals surface area (Å²) in [5, 5.41) is 14.6. The summed E-state index contributed by atoms with van der Waals surface area (Å²) in [5.74, 6) is -1.01. The molecule has 1 atom stereocenters. The van der Waals surface area contributed by atoms with Crippen molar-refractivity contribution in [2.75, 3.05) is 17.6 Å². The lowest BCUT2D eigenvalue weighted by Crippen LogP contribution is -2.22. The Hall–Kier alpha value is -2.24. The second-order valence-corrected chi connectivity index (χ2v) is 3.96. The summed E-state index contributed by atoms with van der Waals surface area (Å²) >= 11 is 0. The van der Waals surface area contributed by atoms with E-state index in [-0.39, 0.29) is 17.5 Å². The maximum Gasteiger partial charge on any atom is 0.335 e. The van der Waals surface area contributed by atoms with Crippen LogP contribution in [0, 0.1) is 0 Å². The Morgan fingerprint density at radius 3 is 2.82 bits per heavy atom. The molecule has 90 valence electrons. The molecule has 17 heavy (non-hydrogen) atoms. The van der Waals surface area contributed by atoms with E-state index in [1.165, 1.54) is 12.1 Å². The number of aromatic carboxylic acids is 1. The third-order valence-electron chi connectivity index (χ3n) is 2.64. The molecule has 1 saturated heterocycles. The molecule has 0 aromatic heterocycles. The fraction of sp³-hybridized carbons (Fsp3) is 0.273. The fourth-order valence-corrected chi connectivity index (χ4v) is 1.75. The number of anilines is 2. The van der Waals surface area contributed by atoms with Crippen LogP contribution in [0.2, 0.25) is 0 Å². The van der Waals surface area contributed by atoms with Gasteiger partial charge in [-0.05, 0) is 18.2 Å². The van der Waals surface area contributed by atoms with Gasteiger partial charge in [0.2, 0.25) is 5.91 Å². The summed E-state index contributed by atoms with van der Waals surface area (Å²) in [6.07, 6.45) is 0.403. The van der Waals surface area contributed by atoms with E-state index >= 15 is 0 Å². The SMILES string of the molecule is Nc1cc(C(=O)O)ccc1NC1CNC(=O)C1. The van der Waals surface area contributed by atoms with Gasteiger partial charge in [0.1, 0.15) is 0 Å². The van der Waals surface area contributed by atoms with Gasteiger partial charge in [-0.1, -0.05) is 0 Å². The highest BCUT2D eigenvalue weighted by Crippen LogP contribution is 2.22. The van der Waals surface area contributed by atoms with Crippen LogP contribution in [0.15, 0.2) is 18.2 Å². The summed E-state index contributed by atoms with van der Waals surface area (Å²) in [6, 6.07) is 4.49. The highest BCUT2D eigenvalue weighted by atomic mass is 16.4. The molecule has 1 aromatic rings. The molecular formula is C11H13N3O3. The molecule has 1 aliphatic rings. The number of hydrogen-bond donors (Lipinski definition) is 4. The predicted octanol–water partition coefficient (Wildman–Crippen LogP) is 0.267. The first-order valence-electron chi connectivity index (χ1n) is 5.22. The third kappa shape index (κ3) is 2.47. The van der Waals surface area contributed by atoms with E-state index < -0.39 is 5.97 Å². The first-order chi connectivity index (χ1) is 8.06. The maximum absolute atomic E-state index is 11.0. The molecule has 1 aliphatic heterocycles. The number of nitrogen functional groups attached to an aromatic ring is 1. The van der Waals surface area contributed by atoms with Crippen molar-refractivity contribution in [2.24, 2.45) is 0 Å². The van der Waals surface area contributed by atoms with E-state index in [4.69, 9.17) is 10.8 Å². The number of benzene rings is 1. The Balaban J connectivity index is 2.11. The lowest BCUT2D eigenvalue weighted by atomic mass is 10.1. The molecule has 0 radical (unpaired) electrons. The molecule has 1 amide bonds. The molecule has 1 aromatic carbocycles. The lowest BCUT2D eigenvalue weighted by Gasteiger charge is -2.14. The minimum atomic E-state index is -1.01. The average molecular weight is 235 g/mol. The minimum Gasteiger partial charge on any atom is -0.478 e. The van der Waals surface area contributed by atoms with E-state index in [9.17, 15) is 9.59 Å². The van der Waals surface area contributed by atoms with Crippen molar-refractivity contribution in [1.29, 1.82) is 0 Å². The molecule has 0 saturated carbocycles. The van der Waals surface area contributed by atoms with Gasteiger partial charge in [-0.25, -0.2) is 4.79 Å². The van der Waals surface area contributed by atoms with Crippen molar-refractivity contribution in [1.82, 2.24) is 5.32 Å². The molecule has 6 nitrogen and oxygen atoms in total. The van der Waals surface area contributed by atoms with E-state index in [0.29, 0.717) is 24.3 Å². The molecule has 0 aliphatic carbocycles. The molecule has 0 bridgehead atoms. The van der Waals surface area contributed by atoms with Crippen LogP contribution in [0.25, 0.3) is 0 Å². The van der Waals surface area contributed by atoms with Crippen LogP contribution < -0.4 is 16.4 Å². The molecule has 1 fully saturated rings. The van der Waals surface area contributed by atoms with Crippen LogP contribution in [0.3, 0.4) is 0 Å². The number of nitrogens with two attached hydrogens (primary N) is 1. The van der Waals surface area contributed by atoms with E-state index in [0.717, 1.165) is 0 Å². The van der Waals surface area contributed by atoms with Crippen LogP contribution in [-0.4, -0.2) is 29.6 Å². The second kappa shape index (κ2) is 4.32. The Labute approximate surface area is 97.8 Å². The van der Waals surface area contributed by atoms with Crippen LogP contribution in [0.5, 0.6) is 0 Å². The zero-order valence-corrected chi connectivity index (χ0v) is 9.06. The average Bonchev–Trinajstić information content (AvgIpc) is 2.67. The topological polar surface area (TPSA) is 104 Å². The van der Waals surface area contributed by atoms with Crippen molar-refractivity contribution >= 4 is 23.3 Å². The molecule has 1 unspecified atom stereocenters. The van der Waals surface area contributed by atoms with Crippen molar-refractivity contribution < 1.29 is 14.7 Å². The third-order valence-corrected chi connectivity index (χ3v) is 2.64. The Kier molecular flexibility index (Phi) is 2.86. The lowest BCUT2D eigenvalue weighted by molar-refractivity contribution is -0.119. The summed E-state index contributed by atoms with van der Waals surface area (Å²) < 4.78 is 0. The number of carboxylic acids is 1. The Morgan fingerprint density at radius 1 is 1.53 bits per heavy atom.